The van der Waals surface area contributed by atoms with E-state index in [9.17, 15) is 9.59 Å². The molecule has 1 fully saturated rings. The van der Waals surface area contributed by atoms with E-state index in [4.69, 9.17) is 4.74 Å². The van der Waals surface area contributed by atoms with Crippen molar-refractivity contribution >= 4 is 11.9 Å². The molecule has 0 aromatic heterocycles. The first-order chi connectivity index (χ1) is 9.75. The molecule has 1 N–H and O–H groups in total. The van der Waals surface area contributed by atoms with Crippen molar-refractivity contribution in [2.24, 2.45) is 16.7 Å². The second-order valence-electron chi connectivity index (χ2n) is 7.33. The molecule has 4 nitrogen and oxygen atoms in total. The van der Waals surface area contributed by atoms with Crippen molar-refractivity contribution in [2.75, 3.05) is 13.2 Å². The van der Waals surface area contributed by atoms with Crippen molar-refractivity contribution in [2.45, 2.75) is 66.7 Å². The van der Waals surface area contributed by atoms with Gasteiger partial charge in [0.25, 0.3) is 0 Å². The second-order valence-corrected chi connectivity index (χ2v) is 7.33. The van der Waals surface area contributed by atoms with E-state index in [1.54, 1.807) is 6.92 Å². The monoisotopic (exact) mass is 297 g/mol. The average Bonchev–Trinajstić information content (AvgIpc) is 2.84. The molecule has 0 saturated heterocycles. The Labute approximate surface area is 129 Å². The molecule has 1 unspecified atom stereocenters. The maximum absolute atomic E-state index is 12.5. The van der Waals surface area contributed by atoms with E-state index in [0.29, 0.717) is 13.2 Å². The van der Waals surface area contributed by atoms with Crippen LogP contribution in [0.15, 0.2) is 0 Å². The molecule has 1 aliphatic carbocycles. The maximum Gasteiger partial charge on any atom is 0.319 e. The van der Waals surface area contributed by atoms with Crippen molar-refractivity contribution in [1.29, 1.82) is 0 Å². The number of carbonyl (C=O) groups is 2. The van der Waals surface area contributed by atoms with Crippen molar-refractivity contribution in [3.05, 3.63) is 0 Å². The molecule has 1 aliphatic rings. The summed E-state index contributed by atoms with van der Waals surface area (Å²) in [5.74, 6) is -1.35. The van der Waals surface area contributed by atoms with E-state index in [0.717, 1.165) is 6.42 Å². The third-order valence-corrected chi connectivity index (χ3v) is 4.70. The summed E-state index contributed by atoms with van der Waals surface area (Å²) in [5, 5.41) is 3.02. The summed E-state index contributed by atoms with van der Waals surface area (Å²) >= 11 is 0. The Kier molecular flexibility index (Phi) is 6.24. The molecule has 0 radical (unpaired) electrons. The highest BCUT2D eigenvalue weighted by atomic mass is 16.5. The van der Waals surface area contributed by atoms with Crippen LogP contribution in [-0.4, -0.2) is 25.0 Å². The van der Waals surface area contributed by atoms with Crippen molar-refractivity contribution in [1.82, 2.24) is 5.32 Å². The third-order valence-electron chi connectivity index (χ3n) is 4.70. The van der Waals surface area contributed by atoms with Crippen LogP contribution >= 0.6 is 0 Å². The molecule has 1 amide bonds. The first-order valence-electron chi connectivity index (χ1n) is 8.20. The summed E-state index contributed by atoms with van der Waals surface area (Å²) in [7, 11) is 0. The first-order valence-corrected chi connectivity index (χ1v) is 8.20. The van der Waals surface area contributed by atoms with Crippen LogP contribution in [0.5, 0.6) is 0 Å². The molecule has 0 aromatic carbocycles. The van der Waals surface area contributed by atoms with Gasteiger partial charge in [-0.15, -0.1) is 0 Å². The molecule has 0 aliphatic heterocycles. The van der Waals surface area contributed by atoms with Crippen LogP contribution in [0.2, 0.25) is 0 Å². The van der Waals surface area contributed by atoms with Gasteiger partial charge in [-0.25, -0.2) is 0 Å². The zero-order chi connectivity index (χ0) is 16.1. The lowest BCUT2D eigenvalue weighted by Gasteiger charge is -2.31. The molecule has 0 heterocycles. The van der Waals surface area contributed by atoms with E-state index in [-0.39, 0.29) is 11.3 Å². The fourth-order valence-corrected chi connectivity index (χ4v) is 3.24. The maximum atomic E-state index is 12.5. The number of hydrogen-bond acceptors (Lipinski definition) is 3. The van der Waals surface area contributed by atoms with Gasteiger partial charge in [0, 0.05) is 6.54 Å². The van der Waals surface area contributed by atoms with Gasteiger partial charge in [-0.3, -0.25) is 9.59 Å². The van der Waals surface area contributed by atoms with Gasteiger partial charge in [-0.2, -0.15) is 0 Å². The number of carbonyl (C=O) groups excluding carboxylic acids is 2. The lowest BCUT2D eigenvalue weighted by molar-refractivity contribution is -0.156. The zero-order valence-electron chi connectivity index (χ0n) is 14.3. The quantitative estimate of drug-likeness (QED) is 0.604. The van der Waals surface area contributed by atoms with E-state index in [1.807, 2.05) is 20.8 Å². The minimum absolute atomic E-state index is 0.194. The van der Waals surface area contributed by atoms with Gasteiger partial charge in [-0.05, 0) is 37.0 Å². The highest BCUT2D eigenvalue weighted by Crippen LogP contribution is 2.40. The fraction of sp³-hybridized carbons (Fsp3) is 0.882. The van der Waals surface area contributed by atoms with Gasteiger partial charge in [0.1, 0.15) is 5.92 Å². The van der Waals surface area contributed by atoms with Crippen LogP contribution in [0.3, 0.4) is 0 Å². The third kappa shape index (κ3) is 4.72. The first kappa shape index (κ1) is 18.0. The van der Waals surface area contributed by atoms with Gasteiger partial charge in [-0.1, -0.05) is 40.5 Å². The molecule has 21 heavy (non-hydrogen) atoms. The number of rotatable bonds is 6. The molecular formula is C17H31NO3. The van der Waals surface area contributed by atoms with Gasteiger partial charge in [0.05, 0.1) is 6.61 Å². The minimum Gasteiger partial charge on any atom is -0.465 e. The summed E-state index contributed by atoms with van der Waals surface area (Å²) in [4.78, 5) is 24.6. The van der Waals surface area contributed by atoms with Crippen LogP contribution in [-0.2, 0) is 14.3 Å². The molecule has 0 bridgehead atoms. The summed E-state index contributed by atoms with van der Waals surface area (Å²) in [5.41, 5.74) is -0.210. The van der Waals surface area contributed by atoms with Crippen LogP contribution in [0.1, 0.15) is 66.7 Å². The Balaban J connectivity index is 2.71. The SMILES string of the molecule is CCOC(=O)C(C(=O)NCC1(CC)CCCC1)C(C)(C)C. The lowest BCUT2D eigenvalue weighted by atomic mass is 9.79. The van der Waals surface area contributed by atoms with Crippen molar-refractivity contribution < 1.29 is 14.3 Å². The summed E-state index contributed by atoms with van der Waals surface area (Å²) in [6.45, 7) is 10.6. The topological polar surface area (TPSA) is 55.4 Å². The number of ether oxygens (including phenoxy) is 1. The predicted molar refractivity (Wildman–Crippen MR) is 83.8 cm³/mol. The minimum atomic E-state index is -0.743. The smallest absolute Gasteiger partial charge is 0.319 e. The normalized spacial score (nSPS) is 19.1. The number of hydrogen-bond donors (Lipinski definition) is 1. The molecule has 1 saturated carbocycles. The second kappa shape index (κ2) is 7.28. The molecule has 1 atom stereocenters. The Morgan fingerprint density at radius 2 is 1.76 bits per heavy atom. The van der Waals surface area contributed by atoms with Gasteiger partial charge < -0.3 is 10.1 Å². The fourth-order valence-electron chi connectivity index (χ4n) is 3.24. The highest BCUT2D eigenvalue weighted by molar-refractivity contribution is 5.98. The van der Waals surface area contributed by atoms with Crippen LogP contribution in [0.25, 0.3) is 0 Å². The standard InChI is InChI=1S/C17H31NO3/c1-6-17(10-8-9-11-17)12-18-14(19)13(16(3,4)5)15(20)21-7-2/h13H,6-12H2,1-5H3,(H,18,19). The summed E-state index contributed by atoms with van der Waals surface area (Å²) in [6, 6.07) is 0. The highest BCUT2D eigenvalue weighted by Gasteiger charge is 2.40. The molecule has 0 aromatic rings. The van der Waals surface area contributed by atoms with Gasteiger partial charge in [0.2, 0.25) is 5.91 Å². The Morgan fingerprint density at radius 3 is 2.19 bits per heavy atom. The van der Waals surface area contributed by atoms with Crippen LogP contribution in [0, 0.1) is 16.7 Å². The summed E-state index contributed by atoms with van der Waals surface area (Å²) in [6.07, 6.45) is 5.90. The molecule has 1 rings (SSSR count). The number of amides is 1. The summed E-state index contributed by atoms with van der Waals surface area (Å²) < 4.78 is 5.08. The Morgan fingerprint density at radius 1 is 1.19 bits per heavy atom. The number of esters is 1. The van der Waals surface area contributed by atoms with E-state index in [1.165, 1.54) is 25.7 Å². The largest absolute Gasteiger partial charge is 0.465 e. The van der Waals surface area contributed by atoms with Crippen LogP contribution < -0.4 is 5.32 Å². The lowest BCUT2D eigenvalue weighted by Crippen LogP contribution is -2.46. The zero-order valence-corrected chi connectivity index (χ0v) is 14.3. The number of nitrogens with one attached hydrogen (secondary N) is 1. The van der Waals surface area contributed by atoms with E-state index >= 15 is 0 Å². The molecular weight excluding hydrogens is 266 g/mol. The molecule has 4 heteroatoms. The van der Waals surface area contributed by atoms with E-state index in [2.05, 4.69) is 12.2 Å². The van der Waals surface area contributed by atoms with Gasteiger partial charge >= 0.3 is 5.97 Å². The predicted octanol–water partition coefficient (Wildman–Crippen LogP) is 3.30. The Bertz CT molecular complexity index is 365. The van der Waals surface area contributed by atoms with Crippen molar-refractivity contribution in [3.63, 3.8) is 0 Å². The van der Waals surface area contributed by atoms with Crippen molar-refractivity contribution in [3.8, 4) is 0 Å². The average molecular weight is 297 g/mol. The van der Waals surface area contributed by atoms with E-state index < -0.39 is 17.3 Å². The van der Waals surface area contributed by atoms with Gasteiger partial charge in [0.15, 0.2) is 0 Å². The molecule has 122 valence electrons. The van der Waals surface area contributed by atoms with Crippen LogP contribution in [0.4, 0.5) is 0 Å². The molecule has 0 spiro atoms. The Hall–Kier alpha value is -1.06.